The third kappa shape index (κ3) is 3.85. The van der Waals surface area contributed by atoms with Gasteiger partial charge in [-0.05, 0) is 32.4 Å². The average Bonchev–Trinajstić information content (AvgIpc) is 2.95. The van der Waals surface area contributed by atoms with Gasteiger partial charge in [0, 0.05) is 33.2 Å². The van der Waals surface area contributed by atoms with Gasteiger partial charge in [0.2, 0.25) is 5.91 Å². The van der Waals surface area contributed by atoms with Crippen molar-refractivity contribution < 1.29 is 9.59 Å². The first kappa shape index (κ1) is 15.1. The van der Waals surface area contributed by atoms with Crippen LogP contribution in [0.1, 0.15) is 25.7 Å². The quantitative estimate of drug-likeness (QED) is 0.812. The maximum Gasteiger partial charge on any atom is 0.317 e. The average molecular weight is 282 g/mol. The van der Waals surface area contributed by atoms with E-state index in [4.69, 9.17) is 0 Å². The van der Waals surface area contributed by atoms with E-state index in [0.717, 1.165) is 19.5 Å². The molecule has 2 rings (SSSR count). The van der Waals surface area contributed by atoms with Gasteiger partial charge in [-0.1, -0.05) is 6.42 Å². The zero-order valence-electron chi connectivity index (χ0n) is 12.6. The fraction of sp³-hybridized carbons (Fsp3) is 0.857. The fourth-order valence-electron chi connectivity index (χ4n) is 2.97. The van der Waals surface area contributed by atoms with Crippen molar-refractivity contribution in [3.63, 3.8) is 0 Å². The Labute approximate surface area is 121 Å². The molecule has 6 heteroatoms. The maximum absolute atomic E-state index is 12.1. The summed E-state index contributed by atoms with van der Waals surface area (Å²) in [5.41, 5.74) is 0. The van der Waals surface area contributed by atoms with E-state index in [1.54, 1.807) is 14.1 Å². The van der Waals surface area contributed by atoms with E-state index in [2.05, 4.69) is 10.2 Å². The molecule has 0 saturated carbocycles. The lowest BCUT2D eigenvalue weighted by Gasteiger charge is -2.32. The summed E-state index contributed by atoms with van der Waals surface area (Å²) in [6, 6.07) is 0.300. The monoisotopic (exact) mass is 282 g/mol. The lowest BCUT2D eigenvalue weighted by Crippen LogP contribution is -2.45. The molecule has 1 atom stereocenters. The molecule has 6 nitrogen and oxygen atoms in total. The van der Waals surface area contributed by atoms with E-state index < -0.39 is 0 Å². The molecule has 1 N–H and O–H groups in total. The molecule has 2 fully saturated rings. The Morgan fingerprint density at radius 1 is 1.15 bits per heavy atom. The van der Waals surface area contributed by atoms with Crippen molar-refractivity contribution in [3.05, 3.63) is 0 Å². The molecule has 2 aliphatic heterocycles. The molecular formula is C14H26N4O2. The second-order valence-corrected chi connectivity index (χ2v) is 5.93. The molecule has 2 aliphatic rings. The molecule has 0 bridgehead atoms. The van der Waals surface area contributed by atoms with Gasteiger partial charge in [0.05, 0.1) is 6.54 Å². The summed E-state index contributed by atoms with van der Waals surface area (Å²) in [5.74, 6) is 0.0275. The summed E-state index contributed by atoms with van der Waals surface area (Å²) in [7, 11) is 3.34. The molecule has 0 aromatic rings. The van der Waals surface area contributed by atoms with Crippen molar-refractivity contribution in [3.8, 4) is 0 Å². The zero-order valence-corrected chi connectivity index (χ0v) is 12.6. The van der Waals surface area contributed by atoms with Crippen LogP contribution in [-0.2, 0) is 4.79 Å². The van der Waals surface area contributed by atoms with Crippen molar-refractivity contribution in [1.29, 1.82) is 0 Å². The van der Waals surface area contributed by atoms with Crippen LogP contribution < -0.4 is 5.32 Å². The van der Waals surface area contributed by atoms with E-state index >= 15 is 0 Å². The highest BCUT2D eigenvalue weighted by atomic mass is 16.2. The fourth-order valence-corrected chi connectivity index (χ4v) is 2.97. The van der Waals surface area contributed by atoms with Crippen LogP contribution in [0.25, 0.3) is 0 Å². The van der Waals surface area contributed by atoms with Crippen LogP contribution >= 0.6 is 0 Å². The molecule has 0 spiro atoms. The Kier molecular flexibility index (Phi) is 5.23. The van der Waals surface area contributed by atoms with Crippen LogP contribution in [-0.4, -0.2) is 79.5 Å². The summed E-state index contributed by atoms with van der Waals surface area (Å²) in [6.07, 6.45) is 4.96. The molecular weight excluding hydrogens is 256 g/mol. The van der Waals surface area contributed by atoms with Gasteiger partial charge in [0.15, 0.2) is 0 Å². The highest BCUT2D eigenvalue weighted by molar-refractivity contribution is 5.84. The Hall–Kier alpha value is -1.30. The minimum Gasteiger partial charge on any atom is -0.340 e. The number of amides is 3. The van der Waals surface area contributed by atoms with E-state index in [1.165, 1.54) is 37.3 Å². The molecule has 0 aromatic heterocycles. The minimum atomic E-state index is -0.217. The SMILES string of the molecule is CN(C)C(=O)NCC(=O)N1CC[C@@H](N2CCCCC2)C1. The van der Waals surface area contributed by atoms with Crippen LogP contribution in [0, 0.1) is 0 Å². The lowest BCUT2D eigenvalue weighted by molar-refractivity contribution is -0.129. The predicted molar refractivity (Wildman–Crippen MR) is 77.5 cm³/mol. The first-order valence-corrected chi connectivity index (χ1v) is 7.55. The Balaban J connectivity index is 1.74. The van der Waals surface area contributed by atoms with Crippen LogP contribution in [0.2, 0.25) is 0 Å². The normalized spacial score (nSPS) is 23.7. The van der Waals surface area contributed by atoms with Crippen LogP contribution in [0.4, 0.5) is 4.79 Å². The zero-order chi connectivity index (χ0) is 14.5. The van der Waals surface area contributed by atoms with Crippen molar-refractivity contribution in [2.75, 3.05) is 46.8 Å². The number of hydrogen-bond donors (Lipinski definition) is 1. The van der Waals surface area contributed by atoms with E-state index in [9.17, 15) is 9.59 Å². The van der Waals surface area contributed by atoms with Crippen LogP contribution in [0.15, 0.2) is 0 Å². The van der Waals surface area contributed by atoms with Crippen molar-refractivity contribution in [2.24, 2.45) is 0 Å². The highest BCUT2D eigenvalue weighted by Crippen LogP contribution is 2.20. The summed E-state index contributed by atoms with van der Waals surface area (Å²) < 4.78 is 0. The number of likely N-dealkylation sites (tertiary alicyclic amines) is 2. The largest absolute Gasteiger partial charge is 0.340 e. The van der Waals surface area contributed by atoms with E-state index in [0.29, 0.717) is 6.04 Å². The number of carbonyl (C=O) groups excluding carboxylic acids is 2. The summed E-state index contributed by atoms with van der Waals surface area (Å²) in [5, 5.41) is 2.64. The maximum atomic E-state index is 12.1. The van der Waals surface area contributed by atoms with Crippen molar-refractivity contribution in [1.82, 2.24) is 20.0 Å². The number of urea groups is 1. The Morgan fingerprint density at radius 3 is 2.50 bits per heavy atom. The van der Waals surface area contributed by atoms with Crippen molar-refractivity contribution >= 4 is 11.9 Å². The van der Waals surface area contributed by atoms with Gasteiger partial charge in [-0.15, -0.1) is 0 Å². The lowest BCUT2D eigenvalue weighted by atomic mass is 10.1. The van der Waals surface area contributed by atoms with Crippen molar-refractivity contribution in [2.45, 2.75) is 31.7 Å². The molecule has 0 aromatic carbocycles. The summed E-state index contributed by atoms with van der Waals surface area (Å²) >= 11 is 0. The topological polar surface area (TPSA) is 55.9 Å². The molecule has 2 saturated heterocycles. The first-order chi connectivity index (χ1) is 9.58. The Bertz CT molecular complexity index is 353. The van der Waals surface area contributed by atoms with Gasteiger partial charge in [0.25, 0.3) is 0 Å². The highest BCUT2D eigenvalue weighted by Gasteiger charge is 2.30. The van der Waals surface area contributed by atoms with Crippen LogP contribution in [0.3, 0.4) is 0 Å². The number of carbonyl (C=O) groups is 2. The summed E-state index contributed by atoms with van der Waals surface area (Å²) in [6.45, 7) is 4.08. The molecule has 114 valence electrons. The van der Waals surface area contributed by atoms with Gasteiger partial charge in [-0.3, -0.25) is 9.69 Å². The van der Waals surface area contributed by atoms with Gasteiger partial charge < -0.3 is 15.1 Å². The van der Waals surface area contributed by atoms with Gasteiger partial charge >= 0.3 is 6.03 Å². The molecule has 3 amide bonds. The standard InChI is InChI=1S/C14H26N4O2/c1-16(2)14(20)15-10-13(19)18-9-6-12(11-18)17-7-4-3-5-8-17/h12H,3-11H2,1-2H3,(H,15,20)/t12-/m1/s1. The Morgan fingerprint density at radius 2 is 1.85 bits per heavy atom. The molecule has 0 aliphatic carbocycles. The van der Waals surface area contributed by atoms with Gasteiger partial charge in [-0.2, -0.15) is 0 Å². The van der Waals surface area contributed by atoms with E-state index in [-0.39, 0.29) is 18.5 Å². The second-order valence-electron chi connectivity index (χ2n) is 5.93. The third-order valence-electron chi connectivity index (χ3n) is 4.22. The predicted octanol–water partition coefficient (Wildman–Crippen LogP) is 0.344. The number of nitrogens with one attached hydrogen (secondary N) is 1. The van der Waals surface area contributed by atoms with Gasteiger partial charge in [0.1, 0.15) is 0 Å². The number of nitrogens with zero attached hydrogens (tertiary/aromatic N) is 3. The second kappa shape index (κ2) is 6.92. The molecule has 0 unspecified atom stereocenters. The smallest absolute Gasteiger partial charge is 0.317 e. The van der Waals surface area contributed by atoms with E-state index in [1.807, 2.05) is 4.90 Å². The molecule has 20 heavy (non-hydrogen) atoms. The summed E-state index contributed by atoms with van der Waals surface area (Å²) in [4.78, 5) is 29.3. The molecule has 0 radical (unpaired) electrons. The number of hydrogen-bond acceptors (Lipinski definition) is 3. The molecule has 2 heterocycles. The van der Waals surface area contributed by atoms with Crippen LogP contribution in [0.5, 0.6) is 0 Å². The number of piperidine rings is 1. The minimum absolute atomic E-state index is 0.0275. The van der Waals surface area contributed by atoms with Gasteiger partial charge in [-0.25, -0.2) is 4.79 Å². The third-order valence-corrected chi connectivity index (χ3v) is 4.22. The first-order valence-electron chi connectivity index (χ1n) is 7.55. The number of rotatable bonds is 3.